The predicted octanol–water partition coefficient (Wildman–Crippen LogP) is 5.03. The fraction of sp³-hybridized carbons (Fsp3) is 0.250. The summed E-state index contributed by atoms with van der Waals surface area (Å²) >= 11 is 0.202. The highest BCUT2D eigenvalue weighted by molar-refractivity contribution is 8.27. The van der Waals surface area contributed by atoms with Crippen LogP contribution in [0.3, 0.4) is 0 Å². The van der Waals surface area contributed by atoms with Gasteiger partial charge in [0, 0.05) is 0 Å². The first kappa shape index (κ1) is 25.3. The van der Waals surface area contributed by atoms with E-state index in [2.05, 4.69) is 10.1 Å². The number of halogens is 3. The van der Waals surface area contributed by atoms with E-state index in [0.717, 1.165) is 11.3 Å². The average Bonchev–Trinajstić information content (AvgIpc) is 3.26. The SMILES string of the molecule is CCOc1cc(/C=C2/C(=N)N3N=C(C(F)(F)F)SC3=NC2=O)ccc1OCCOc1cccc(C)c1. The summed E-state index contributed by atoms with van der Waals surface area (Å²) < 4.78 is 56.1. The van der Waals surface area contributed by atoms with Gasteiger partial charge in [0.1, 0.15) is 19.0 Å². The minimum absolute atomic E-state index is 0.200. The second-order valence-electron chi connectivity index (χ2n) is 7.58. The molecule has 1 amide bonds. The van der Waals surface area contributed by atoms with E-state index in [4.69, 9.17) is 19.6 Å². The number of thioether (sulfide) groups is 1. The lowest BCUT2D eigenvalue weighted by Gasteiger charge is -2.20. The molecule has 2 aromatic carbocycles. The zero-order valence-electron chi connectivity index (χ0n) is 19.3. The monoisotopic (exact) mass is 518 g/mol. The van der Waals surface area contributed by atoms with Crippen molar-refractivity contribution in [1.29, 1.82) is 5.41 Å². The van der Waals surface area contributed by atoms with Crippen LogP contribution in [0.4, 0.5) is 13.2 Å². The summed E-state index contributed by atoms with van der Waals surface area (Å²) in [7, 11) is 0. The number of hydrogen-bond donors (Lipinski definition) is 1. The first-order chi connectivity index (χ1) is 17.2. The molecule has 4 rings (SSSR count). The molecular weight excluding hydrogens is 497 g/mol. The summed E-state index contributed by atoms with van der Waals surface area (Å²) in [6.07, 6.45) is -3.35. The van der Waals surface area contributed by atoms with Gasteiger partial charge in [-0.15, -0.1) is 0 Å². The van der Waals surface area contributed by atoms with Crippen LogP contribution in [0.1, 0.15) is 18.1 Å². The third-order valence-electron chi connectivity index (χ3n) is 4.87. The van der Waals surface area contributed by atoms with Crippen LogP contribution in [0.25, 0.3) is 6.08 Å². The van der Waals surface area contributed by atoms with Crippen molar-refractivity contribution in [2.75, 3.05) is 19.8 Å². The Morgan fingerprint density at radius 2 is 1.86 bits per heavy atom. The molecule has 1 N–H and O–H groups in total. The van der Waals surface area contributed by atoms with Gasteiger partial charge in [0.15, 0.2) is 17.3 Å². The van der Waals surface area contributed by atoms with Crippen LogP contribution >= 0.6 is 11.8 Å². The molecular formula is C24H21F3N4O4S. The highest BCUT2D eigenvalue weighted by atomic mass is 32.2. The van der Waals surface area contributed by atoms with Crippen molar-refractivity contribution in [3.8, 4) is 17.2 Å². The van der Waals surface area contributed by atoms with Gasteiger partial charge in [0.05, 0.1) is 12.2 Å². The number of benzene rings is 2. The van der Waals surface area contributed by atoms with Gasteiger partial charge < -0.3 is 14.2 Å². The number of fused-ring (bicyclic) bond motifs is 1. The number of amidine groups is 2. The highest BCUT2D eigenvalue weighted by Gasteiger charge is 2.46. The Morgan fingerprint density at radius 3 is 2.58 bits per heavy atom. The fourth-order valence-electron chi connectivity index (χ4n) is 3.29. The van der Waals surface area contributed by atoms with E-state index in [1.807, 2.05) is 31.2 Å². The lowest BCUT2D eigenvalue weighted by molar-refractivity contribution is -0.114. The van der Waals surface area contributed by atoms with E-state index in [-0.39, 0.29) is 29.1 Å². The van der Waals surface area contributed by atoms with Crippen LogP contribution in [0.2, 0.25) is 0 Å². The molecule has 0 bridgehead atoms. The summed E-state index contributed by atoms with van der Waals surface area (Å²) in [5.41, 5.74) is 1.36. The van der Waals surface area contributed by atoms with E-state index < -0.39 is 23.0 Å². The normalized spacial score (nSPS) is 16.6. The standard InChI is InChI=1S/C24H21F3N4O4S/c1-3-33-19-13-15(7-8-18(19)35-10-9-34-16-6-4-5-14(2)11-16)12-17-20(28)31-23(29-21(17)32)36-22(30-31)24(25,26)27/h4-8,11-13,28H,3,9-10H2,1-2H3/b17-12-,28-20?. The van der Waals surface area contributed by atoms with Crippen molar-refractivity contribution in [1.82, 2.24) is 5.01 Å². The Kier molecular flexibility index (Phi) is 7.34. The Labute approximate surface area is 208 Å². The molecule has 0 spiro atoms. The number of aliphatic imine (C=N–C) groups is 1. The second kappa shape index (κ2) is 10.4. The number of carbonyl (C=O) groups excluding carboxylic acids is 1. The van der Waals surface area contributed by atoms with Crippen LogP contribution in [0.5, 0.6) is 17.2 Å². The molecule has 0 saturated carbocycles. The first-order valence-electron chi connectivity index (χ1n) is 10.8. The molecule has 0 radical (unpaired) electrons. The maximum absolute atomic E-state index is 13.0. The molecule has 2 heterocycles. The first-order valence-corrected chi connectivity index (χ1v) is 11.6. The molecule has 0 aromatic heterocycles. The topological polar surface area (TPSA) is 96.6 Å². The molecule has 2 aliphatic heterocycles. The van der Waals surface area contributed by atoms with Gasteiger partial charge in [0.2, 0.25) is 10.2 Å². The number of rotatable bonds is 8. The minimum atomic E-state index is -4.70. The number of ether oxygens (including phenoxy) is 3. The van der Waals surface area contributed by atoms with Gasteiger partial charge in [-0.05, 0) is 67.1 Å². The Balaban J connectivity index is 1.48. The van der Waals surface area contributed by atoms with E-state index in [1.165, 1.54) is 6.08 Å². The molecule has 36 heavy (non-hydrogen) atoms. The van der Waals surface area contributed by atoms with Gasteiger partial charge >= 0.3 is 6.18 Å². The lowest BCUT2D eigenvalue weighted by atomic mass is 10.1. The Hall–Kier alpha value is -3.80. The van der Waals surface area contributed by atoms with Gasteiger partial charge in [-0.3, -0.25) is 10.2 Å². The average molecular weight is 519 g/mol. The van der Waals surface area contributed by atoms with Crippen LogP contribution in [-0.2, 0) is 4.79 Å². The van der Waals surface area contributed by atoms with Crippen molar-refractivity contribution in [3.05, 3.63) is 59.2 Å². The summed E-state index contributed by atoms with van der Waals surface area (Å²) in [6.45, 7) is 4.67. The van der Waals surface area contributed by atoms with Gasteiger partial charge in [-0.2, -0.15) is 28.3 Å². The van der Waals surface area contributed by atoms with Crippen LogP contribution in [0.15, 0.2) is 58.1 Å². The van der Waals surface area contributed by atoms with E-state index >= 15 is 0 Å². The third kappa shape index (κ3) is 5.70. The molecule has 0 saturated heterocycles. The smallest absolute Gasteiger partial charge is 0.441 e. The maximum atomic E-state index is 13.0. The number of nitrogens with one attached hydrogen (secondary N) is 1. The number of carbonyl (C=O) groups is 1. The van der Waals surface area contributed by atoms with Crippen LogP contribution in [-0.4, -0.2) is 53.0 Å². The predicted molar refractivity (Wildman–Crippen MR) is 131 cm³/mol. The summed E-state index contributed by atoms with van der Waals surface area (Å²) in [5.74, 6) is 0.259. The number of amides is 1. The van der Waals surface area contributed by atoms with E-state index in [0.29, 0.717) is 35.3 Å². The number of hydrazone groups is 1. The van der Waals surface area contributed by atoms with Gasteiger partial charge in [-0.25, -0.2) is 0 Å². The highest BCUT2D eigenvalue weighted by Crippen LogP contribution is 2.36. The second-order valence-corrected chi connectivity index (χ2v) is 8.53. The van der Waals surface area contributed by atoms with Crippen molar-refractivity contribution in [3.63, 3.8) is 0 Å². The number of hydrogen-bond acceptors (Lipinski definition) is 7. The zero-order chi connectivity index (χ0) is 25.9. The van der Waals surface area contributed by atoms with Gasteiger partial charge in [0.25, 0.3) is 5.91 Å². The molecule has 2 aromatic rings. The molecule has 188 valence electrons. The zero-order valence-corrected chi connectivity index (χ0v) is 20.1. The summed E-state index contributed by atoms with van der Waals surface area (Å²) in [6, 6.07) is 12.5. The number of alkyl halides is 3. The van der Waals surface area contributed by atoms with Crippen molar-refractivity contribution in [2.45, 2.75) is 20.0 Å². The minimum Gasteiger partial charge on any atom is -0.490 e. The lowest BCUT2D eigenvalue weighted by Crippen LogP contribution is -2.35. The number of nitrogens with zero attached hydrogens (tertiary/aromatic N) is 3. The molecule has 0 aliphatic carbocycles. The van der Waals surface area contributed by atoms with Crippen LogP contribution < -0.4 is 14.2 Å². The molecule has 0 atom stereocenters. The molecule has 2 aliphatic rings. The molecule has 12 heteroatoms. The Bertz CT molecular complexity index is 1290. The van der Waals surface area contributed by atoms with Gasteiger partial charge in [-0.1, -0.05) is 18.2 Å². The van der Waals surface area contributed by atoms with Crippen molar-refractivity contribution >= 4 is 39.8 Å². The summed E-state index contributed by atoms with van der Waals surface area (Å²) in [5, 5.41) is 10.8. The van der Waals surface area contributed by atoms with Crippen molar-refractivity contribution < 1.29 is 32.2 Å². The van der Waals surface area contributed by atoms with E-state index in [9.17, 15) is 18.0 Å². The third-order valence-corrected chi connectivity index (χ3v) is 5.83. The van der Waals surface area contributed by atoms with E-state index in [1.54, 1.807) is 25.1 Å². The number of aryl methyl sites for hydroxylation is 1. The molecule has 0 fully saturated rings. The molecule has 8 nitrogen and oxygen atoms in total. The quantitative estimate of drug-likeness (QED) is 0.389. The maximum Gasteiger partial charge on any atom is 0.441 e. The van der Waals surface area contributed by atoms with Crippen molar-refractivity contribution in [2.24, 2.45) is 10.1 Å². The molecule has 0 unspecified atom stereocenters. The fourth-order valence-corrected chi connectivity index (χ4v) is 4.05. The largest absolute Gasteiger partial charge is 0.490 e. The van der Waals surface area contributed by atoms with Crippen LogP contribution in [0, 0.1) is 12.3 Å². The summed E-state index contributed by atoms with van der Waals surface area (Å²) in [4.78, 5) is 16.1. The Morgan fingerprint density at radius 1 is 1.08 bits per heavy atom.